The Morgan fingerprint density at radius 3 is 2.20 bits per heavy atom. The highest BCUT2D eigenvalue weighted by molar-refractivity contribution is 5.82. The lowest BCUT2D eigenvalue weighted by Crippen LogP contribution is -2.43. The molecule has 0 aromatic heterocycles. The fraction of sp³-hybridized carbons (Fsp3) is 0.500. The third kappa shape index (κ3) is 6.17. The van der Waals surface area contributed by atoms with Crippen LogP contribution in [0, 0.1) is 0 Å². The number of nitrogens with zero attached hydrogens (tertiary/aromatic N) is 1. The fourth-order valence-corrected chi connectivity index (χ4v) is 2.12. The molecule has 25 heavy (non-hydrogen) atoms. The lowest BCUT2D eigenvalue weighted by molar-refractivity contribution is -0.185. The summed E-state index contributed by atoms with van der Waals surface area (Å²) in [5.74, 6) is -1.76. The van der Waals surface area contributed by atoms with E-state index in [0.717, 1.165) is 7.11 Å². The van der Waals surface area contributed by atoms with Gasteiger partial charge in [-0.05, 0) is 24.1 Å². The molecule has 1 amide bonds. The van der Waals surface area contributed by atoms with E-state index in [1.54, 1.807) is 18.2 Å². The molecule has 1 rings (SSSR count). The predicted octanol–water partition coefficient (Wildman–Crippen LogP) is 2.20. The van der Waals surface area contributed by atoms with Crippen molar-refractivity contribution in [3.63, 3.8) is 0 Å². The molecule has 1 aromatic carbocycles. The van der Waals surface area contributed by atoms with Gasteiger partial charge in [-0.25, -0.2) is 0 Å². The summed E-state index contributed by atoms with van der Waals surface area (Å²) in [5, 5.41) is 0. The smallest absolute Gasteiger partial charge is 0.471 e. The number of halogens is 3. The van der Waals surface area contributed by atoms with E-state index in [2.05, 4.69) is 4.74 Å². The van der Waals surface area contributed by atoms with Crippen molar-refractivity contribution in [3.05, 3.63) is 23.8 Å². The van der Waals surface area contributed by atoms with Crippen LogP contribution in [0.2, 0.25) is 0 Å². The number of carbonyl (C=O) groups is 2. The topological polar surface area (TPSA) is 65.1 Å². The molecule has 0 saturated heterocycles. The molecule has 0 unspecified atom stereocenters. The molecular weight excluding hydrogens is 343 g/mol. The maximum atomic E-state index is 12.7. The summed E-state index contributed by atoms with van der Waals surface area (Å²) in [5.41, 5.74) is 0.663. The standard InChI is InChI=1S/C16H20F3NO5/c1-23-12-5-4-11(10-13(12)24-2)6-8-20(9-7-14(21)25-3)15(22)16(17,18)19/h4-5,10H,6-9H2,1-3H3. The molecule has 0 aliphatic heterocycles. The van der Waals surface area contributed by atoms with Crippen molar-refractivity contribution in [1.82, 2.24) is 4.90 Å². The summed E-state index contributed by atoms with van der Waals surface area (Å²) < 4.78 is 52.7. The first kappa shape index (κ1) is 20.6. The van der Waals surface area contributed by atoms with Gasteiger partial charge in [0.1, 0.15) is 0 Å². The van der Waals surface area contributed by atoms with Gasteiger partial charge in [-0.1, -0.05) is 6.07 Å². The van der Waals surface area contributed by atoms with Gasteiger partial charge >= 0.3 is 18.1 Å². The van der Waals surface area contributed by atoms with Crippen LogP contribution in [0.4, 0.5) is 13.2 Å². The predicted molar refractivity (Wildman–Crippen MR) is 82.5 cm³/mol. The number of esters is 1. The van der Waals surface area contributed by atoms with Crippen molar-refractivity contribution >= 4 is 11.9 Å². The van der Waals surface area contributed by atoms with Crippen LogP contribution >= 0.6 is 0 Å². The molecule has 0 saturated carbocycles. The number of alkyl halides is 3. The molecule has 0 heterocycles. The van der Waals surface area contributed by atoms with Crippen molar-refractivity contribution in [3.8, 4) is 11.5 Å². The number of ether oxygens (including phenoxy) is 3. The Morgan fingerprint density at radius 2 is 1.68 bits per heavy atom. The summed E-state index contributed by atoms with van der Waals surface area (Å²) in [7, 11) is 4.04. The van der Waals surface area contributed by atoms with Gasteiger partial charge in [0.05, 0.1) is 27.8 Å². The normalized spacial score (nSPS) is 11.0. The quantitative estimate of drug-likeness (QED) is 0.663. The van der Waals surface area contributed by atoms with Crippen LogP contribution in [0.5, 0.6) is 11.5 Å². The molecular formula is C16H20F3NO5. The van der Waals surface area contributed by atoms with Crippen LogP contribution in [0.3, 0.4) is 0 Å². The maximum absolute atomic E-state index is 12.7. The summed E-state index contributed by atoms with van der Waals surface area (Å²) in [6.07, 6.45) is -5.17. The molecule has 0 N–H and O–H groups in total. The molecule has 6 nitrogen and oxygen atoms in total. The Hall–Kier alpha value is -2.45. The van der Waals surface area contributed by atoms with Crippen molar-refractivity contribution in [1.29, 1.82) is 0 Å². The van der Waals surface area contributed by atoms with Crippen molar-refractivity contribution < 1.29 is 37.0 Å². The number of methoxy groups -OCH3 is 3. The van der Waals surface area contributed by atoms with E-state index in [9.17, 15) is 22.8 Å². The van der Waals surface area contributed by atoms with Crippen LogP contribution in [0.25, 0.3) is 0 Å². The van der Waals surface area contributed by atoms with Gasteiger partial charge in [0.15, 0.2) is 11.5 Å². The second-order valence-electron chi connectivity index (χ2n) is 5.06. The van der Waals surface area contributed by atoms with E-state index in [4.69, 9.17) is 9.47 Å². The van der Waals surface area contributed by atoms with Gasteiger partial charge in [-0.2, -0.15) is 13.2 Å². The monoisotopic (exact) mass is 363 g/mol. The van der Waals surface area contributed by atoms with E-state index < -0.39 is 18.1 Å². The van der Waals surface area contributed by atoms with Crippen LogP contribution < -0.4 is 9.47 Å². The summed E-state index contributed by atoms with van der Waals surface area (Å²) in [6.45, 7) is -0.580. The number of hydrogen-bond donors (Lipinski definition) is 0. The number of amides is 1. The zero-order valence-electron chi connectivity index (χ0n) is 14.2. The van der Waals surface area contributed by atoms with Crippen molar-refractivity contribution in [2.75, 3.05) is 34.4 Å². The third-order valence-electron chi connectivity index (χ3n) is 3.46. The van der Waals surface area contributed by atoms with E-state index in [0.29, 0.717) is 22.0 Å². The summed E-state index contributed by atoms with van der Waals surface area (Å²) in [6, 6.07) is 4.91. The zero-order valence-corrected chi connectivity index (χ0v) is 14.2. The van der Waals surface area contributed by atoms with Gasteiger partial charge < -0.3 is 19.1 Å². The molecule has 0 radical (unpaired) electrons. The Morgan fingerprint density at radius 1 is 1.04 bits per heavy atom. The first-order valence-electron chi connectivity index (χ1n) is 7.36. The summed E-state index contributed by atoms with van der Waals surface area (Å²) in [4.78, 5) is 23.3. The minimum atomic E-state index is -5.01. The highest BCUT2D eigenvalue weighted by Gasteiger charge is 2.42. The Bertz CT molecular complexity index is 604. The summed E-state index contributed by atoms with van der Waals surface area (Å²) >= 11 is 0. The minimum Gasteiger partial charge on any atom is -0.493 e. The van der Waals surface area contributed by atoms with Crippen molar-refractivity contribution in [2.45, 2.75) is 19.0 Å². The lowest BCUT2D eigenvalue weighted by Gasteiger charge is -2.23. The lowest BCUT2D eigenvalue weighted by atomic mass is 10.1. The van der Waals surface area contributed by atoms with Crippen molar-refractivity contribution in [2.24, 2.45) is 0 Å². The van der Waals surface area contributed by atoms with E-state index in [1.807, 2.05) is 0 Å². The first-order valence-corrected chi connectivity index (χ1v) is 7.36. The average molecular weight is 363 g/mol. The molecule has 0 fully saturated rings. The fourth-order valence-electron chi connectivity index (χ4n) is 2.12. The SMILES string of the molecule is COC(=O)CCN(CCc1ccc(OC)c(OC)c1)C(=O)C(F)(F)F. The van der Waals surface area contributed by atoms with Gasteiger partial charge in [-0.3, -0.25) is 9.59 Å². The zero-order chi connectivity index (χ0) is 19.0. The highest BCUT2D eigenvalue weighted by atomic mass is 19.4. The Kier molecular flexibility index (Phi) is 7.53. The molecule has 140 valence electrons. The van der Waals surface area contributed by atoms with Crippen LogP contribution in [-0.4, -0.2) is 57.4 Å². The van der Waals surface area contributed by atoms with Crippen LogP contribution in [0.1, 0.15) is 12.0 Å². The minimum absolute atomic E-state index is 0.156. The van der Waals surface area contributed by atoms with E-state index in [1.165, 1.54) is 14.2 Å². The Balaban J connectivity index is 2.83. The molecule has 0 spiro atoms. The molecule has 0 aliphatic rings. The molecule has 0 atom stereocenters. The third-order valence-corrected chi connectivity index (χ3v) is 3.46. The number of benzene rings is 1. The number of hydrogen-bond acceptors (Lipinski definition) is 5. The average Bonchev–Trinajstić information content (AvgIpc) is 2.59. The van der Waals surface area contributed by atoms with Gasteiger partial charge in [0.2, 0.25) is 0 Å². The highest BCUT2D eigenvalue weighted by Crippen LogP contribution is 2.28. The van der Waals surface area contributed by atoms with E-state index >= 15 is 0 Å². The molecule has 9 heteroatoms. The Labute approximate surface area is 143 Å². The first-order chi connectivity index (χ1) is 11.7. The molecule has 0 bridgehead atoms. The van der Waals surface area contributed by atoms with Gasteiger partial charge in [-0.15, -0.1) is 0 Å². The van der Waals surface area contributed by atoms with E-state index in [-0.39, 0.29) is 25.9 Å². The van der Waals surface area contributed by atoms with Crippen LogP contribution in [-0.2, 0) is 20.7 Å². The number of carbonyl (C=O) groups excluding carboxylic acids is 2. The van der Waals surface area contributed by atoms with Gasteiger partial charge in [0.25, 0.3) is 0 Å². The van der Waals surface area contributed by atoms with Gasteiger partial charge in [0, 0.05) is 13.1 Å². The molecule has 1 aromatic rings. The molecule has 0 aliphatic carbocycles. The largest absolute Gasteiger partial charge is 0.493 e. The second-order valence-corrected chi connectivity index (χ2v) is 5.06. The number of rotatable bonds is 8. The van der Waals surface area contributed by atoms with Crippen LogP contribution in [0.15, 0.2) is 18.2 Å². The second kappa shape index (κ2) is 9.14. The maximum Gasteiger partial charge on any atom is 0.471 e.